The van der Waals surface area contributed by atoms with Gasteiger partial charge in [-0.3, -0.25) is 4.79 Å². The highest BCUT2D eigenvalue weighted by Crippen LogP contribution is 2.28. The molecule has 2 N–H and O–H groups in total. The van der Waals surface area contributed by atoms with Gasteiger partial charge >= 0.3 is 12.3 Å². The average molecular weight is 453 g/mol. The summed E-state index contributed by atoms with van der Waals surface area (Å²) < 4.78 is 51.2. The van der Waals surface area contributed by atoms with Crippen LogP contribution in [0, 0.1) is 5.92 Å². The number of amides is 1. The van der Waals surface area contributed by atoms with E-state index in [-0.39, 0.29) is 53.8 Å². The summed E-state index contributed by atoms with van der Waals surface area (Å²) in [6.07, 6.45) is -3.84. The van der Waals surface area contributed by atoms with Gasteiger partial charge in [-0.15, -0.1) is 13.2 Å². The Morgan fingerprint density at radius 2 is 1.91 bits per heavy atom. The number of alkyl halides is 3. The lowest BCUT2D eigenvalue weighted by Crippen LogP contribution is -2.32. The minimum absolute atomic E-state index is 0.0211. The van der Waals surface area contributed by atoms with Gasteiger partial charge < -0.3 is 24.8 Å². The van der Waals surface area contributed by atoms with Crippen molar-refractivity contribution >= 4 is 17.7 Å². The van der Waals surface area contributed by atoms with Crippen molar-refractivity contribution < 1.29 is 37.0 Å². The Morgan fingerprint density at radius 3 is 2.53 bits per heavy atom. The second-order valence-electron chi connectivity index (χ2n) is 7.40. The first-order valence-corrected chi connectivity index (χ1v) is 9.68. The summed E-state index contributed by atoms with van der Waals surface area (Å²) in [5, 5.41) is 0. The van der Waals surface area contributed by atoms with Crippen molar-refractivity contribution in [3.05, 3.63) is 47.7 Å². The number of carbonyl (C=O) groups is 2. The van der Waals surface area contributed by atoms with E-state index in [1.54, 1.807) is 4.90 Å². The number of aromatic nitrogens is 1. The normalized spacial score (nSPS) is 18.3. The molecule has 172 valence electrons. The van der Waals surface area contributed by atoms with Gasteiger partial charge in [0.25, 0.3) is 0 Å². The molecular weight excluding hydrogens is 431 g/mol. The second-order valence-corrected chi connectivity index (χ2v) is 7.40. The molecule has 0 radical (unpaired) electrons. The predicted molar refractivity (Wildman–Crippen MR) is 107 cm³/mol. The van der Waals surface area contributed by atoms with Gasteiger partial charge in [0.2, 0.25) is 5.91 Å². The third-order valence-corrected chi connectivity index (χ3v) is 4.99. The summed E-state index contributed by atoms with van der Waals surface area (Å²) in [6, 6.07) is 6.60. The molecule has 1 amide bonds. The topological polar surface area (TPSA) is 104 Å². The van der Waals surface area contributed by atoms with E-state index < -0.39 is 12.3 Å². The summed E-state index contributed by atoms with van der Waals surface area (Å²) in [4.78, 5) is 29.9. The highest BCUT2D eigenvalue weighted by molar-refractivity contribution is 5.89. The number of rotatable bonds is 6. The Kier molecular flexibility index (Phi) is 6.75. The number of esters is 1. The van der Waals surface area contributed by atoms with E-state index in [4.69, 9.17) is 10.5 Å². The van der Waals surface area contributed by atoms with Crippen LogP contribution < -0.4 is 15.2 Å². The number of nitrogens with two attached hydrogens (primary N) is 1. The van der Waals surface area contributed by atoms with Crippen molar-refractivity contribution in [1.82, 2.24) is 9.88 Å². The minimum Gasteiger partial charge on any atom is -0.484 e. The molecule has 1 aliphatic rings. The lowest BCUT2D eigenvalue weighted by molar-refractivity contribution is -0.274. The third-order valence-electron chi connectivity index (χ3n) is 4.99. The van der Waals surface area contributed by atoms with Gasteiger partial charge in [0.15, 0.2) is 11.6 Å². The number of benzene rings is 1. The first kappa shape index (κ1) is 23.2. The SMILES string of the molecule is COC(=O)c1cnc(N)c(OC2CN(C(=O)Cc3ccc(OC(F)(F)F)cc3)CC2C)c1. The Bertz CT molecular complexity index is 982. The lowest BCUT2D eigenvalue weighted by atomic mass is 10.1. The van der Waals surface area contributed by atoms with Crippen LogP contribution >= 0.6 is 0 Å². The number of likely N-dealkylation sites (tertiary alicyclic amines) is 1. The van der Waals surface area contributed by atoms with Gasteiger partial charge in [-0.1, -0.05) is 19.1 Å². The molecule has 8 nitrogen and oxygen atoms in total. The Labute approximate surface area is 182 Å². The summed E-state index contributed by atoms with van der Waals surface area (Å²) in [5.74, 6) is -0.817. The van der Waals surface area contributed by atoms with Crippen LogP contribution in [0.3, 0.4) is 0 Å². The Balaban J connectivity index is 1.61. The number of pyridine rings is 1. The maximum absolute atomic E-state index is 12.7. The molecule has 0 bridgehead atoms. The number of anilines is 1. The first-order chi connectivity index (χ1) is 15.1. The molecule has 1 fully saturated rings. The van der Waals surface area contributed by atoms with Gasteiger partial charge in [0.1, 0.15) is 11.9 Å². The summed E-state index contributed by atoms with van der Waals surface area (Å²) in [6.45, 7) is 2.63. The lowest BCUT2D eigenvalue weighted by Gasteiger charge is -2.19. The zero-order valence-electron chi connectivity index (χ0n) is 17.4. The zero-order valence-corrected chi connectivity index (χ0v) is 17.4. The van der Waals surface area contributed by atoms with Crippen molar-refractivity contribution in [3.8, 4) is 11.5 Å². The molecule has 0 spiro atoms. The number of carbonyl (C=O) groups excluding carboxylic acids is 2. The van der Waals surface area contributed by atoms with Crippen molar-refractivity contribution in [2.75, 3.05) is 25.9 Å². The van der Waals surface area contributed by atoms with Crippen molar-refractivity contribution in [1.29, 1.82) is 0 Å². The van der Waals surface area contributed by atoms with Gasteiger partial charge in [0, 0.05) is 24.7 Å². The maximum Gasteiger partial charge on any atom is 0.573 e. The number of ether oxygens (including phenoxy) is 3. The zero-order chi connectivity index (χ0) is 23.5. The number of hydrogen-bond donors (Lipinski definition) is 1. The molecule has 0 aliphatic carbocycles. The molecule has 32 heavy (non-hydrogen) atoms. The Morgan fingerprint density at radius 1 is 1.22 bits per heavy atom. The monoisotopic (exact) mass is 453 g/mol. The molecule has 1 aromatic heterocycles. The van der Waals surface area contributed by atoms with Gasteiger partial charge in [-0.25, -0.2) is 9.78 Å². The van der Waals surface area contributed by atoms with Crippen LogP contribution in [-0.4, -0.2) is 54.4 Å². The van der Waals surface area contributed by atoms with E-state index in [0.29, 0.717) is 12.1 Å². The molecular formula is C21H22F3N3O5. The summed E-state index contributed by atoms with van der Waals surface area (Å²) in [5.41, 5.74) is 6.60. The second kappa shape index (κ2) is 9.33. The number of hydrogen-bond acceptors (Lipinski definition) is 7. The average Bonchev–Trinajstić information content (AvgIpc) is 3.10. The van der Waals surface area contributed by atoms with E-state index in [9.17, 15) is 22.8 Å². The quantitative estimate of drug-likeness (QED) is 0.671. The number of halogens is 3. The minimum atomic E-state index is -4.77. The van der Waals surface area contributed by atoms with E-state index in [1.165, 1.54) is 43.6 Å². The molecule has 0 saturated carbocycles. The molecule has 2 unspecified atom stereocenters. The number of methoxy groups -OCH3 is 1. The fourth-order valence-electron chi connectivity index (χ4n) is 3.33. The molecule has 1 saturated heterocycles. The van der Waals surface area contributed by atoms with Crippen LogP contribution in [0.4, 0.5) is 19.0 Å². The molecule has 2 heterocycles. The molecule has 3 rings (SSSR count). The highest BCUT2D eigenvalue weighted by atomic mass is 19.4. The first-order valence-electron chi connectivity index (χ1n) is 9.68. The van der Waals surface area contributed by atoms with Crippen LogP contribution in [-0.2, 0) is 16.0 Å². The molecule has 1 aliphatic heterocycles. The molecule has 11 heteroatoms. The van der Waals surface area contributed by atoms with Crippen LogP contribution in [0.5, 0.6) is 11.5 Å². The summed E-state index contributed by atoms with van der Waals surface area (Å²) >= 11 is 0. The van der Waals surface area contributed by atoms with Crippen LogP contribution in [0.2, 0.25) is 0 Å². The van der Waals surface area contributed by atoms with E-state index in [1.807, 2.05) is 6.92 Å². The smallest absolute Gasteiger partial charge is 0.484 e. The van der Waals surface area contributed by atoms with Gasteiger partial charge in [-0.2, -0.15) is 0 Å². The highest BCUT2D eigenvalue weighted by Gasteiger charge is 2.35. The summed E-state index contributed by atoms with van der Waals surface area (Å²) in [7, 11) is 1.25. The van der Waals surface area contributed by atoms with Crippen molar-refractivity contribution in [2.24, 2.45) is 5.92 Å². The standard InChI is InChI=1S/C21H22F3N3O5/c1-12-10-27(18(28)7-13-3-5-15(6-4-13)32-21(22,23)24)11-17(12)31-16-8-14(20(29)30-2)9-26-19(16)25/h3-6,8-9,12,17H,7,10-11H2,1-2H3,(H2,25,26). The van der Waals surface area contributed by atoms with Crippen LogP contribution in [0.1, 0.15) is 22.8 Å². The number of nitrogens with zero attached hydrogens (tertiary/aromatic N) is 2. The van der Waals surface area contributed by atoms with E-state index in [2.05, 4.69) is 14.5 Å². The Hall–Kier alpha value is -3.50. The fraction of sp³-hybridized carbons (Fsp3) is 0.381. The van der Waals surface area contributed by atoms with E-state index in [0.717, 1.165) is 0 Å². The molecule has 1 aromatic carbocycles. The molecule has 2 atom stereocenters. The van der Waals surface area contributed by atoms with Crippen LogP contribution in [0.25, 0.3) is 0 Å². The largest absolute Gasteiger partial charge is 0.573 e. The van der Waals surface area contributed by atoms with Gasteiger partial charge in [-0.05, 0) is 17.7 Å². The van der Waals surface area contributed by atoms with Crippen molar-refractivity contribution in [2.45, 2.75) is 25.8 Å². The number of nitrogen functional groups attached to an aromatic ring is 1. The molecule has 2 aromatic rings. The van der Waals surface area contributed by atoms with E-state index >= 15 is 0 Å². The van der Waals surface area contributed by atoms with Gasteiger partial charge in [0.05, 0.1) is 25.6 Å². The van der Waals surface area contributed by atoms with Crippen LogP contribution in [0.15, 0.2) is 36.5 Å². The fourth-order valence-corrected chi connectivity index (χ4v) is 3.33. The predicted octanol–water partition coefficient (Wildman–Crippen LogP) is 2.82. The maximum atomic E-state index is 12.7. The van der Waals surface area contributed by atoms with Crippen molar-refractivity contribution in [3.63, 3.8) is 0 Å². The third kappa shape index (κ3) is 5.80.